The number of aryl methyl sites for hydroxylation is 2. The van der Waals surface area contributed by atoms with Gasteiger partial charge in [0.05, 0.1) is 6.04 Å². The first kappa shape index (κ1) is 20.4. The second-order valence-electron chi connectivity index (χ2n) is 8.40. The first-order valence-electron chi connectivity index (χ1n) is 10.8. The van der Waals surface area contributed by atoms with Crippen molar-refractivity contribution < 1.29 is 4.79 Å². The number of rotatable bonds is 5. The lowest BCUT2D eigenvalue weighted by atomic mass is 9.91. The number of nitrogens with one attached hydrogen (secondary N) is 1. The topological polar surface area (TPSA) is 32.3 Å². The van der Waals surface area contributed by atoms with Crippen molar-refractivity contribution in [3.05, 3.63) is 101 Å². The fourth-order valence-electron chi connectivity index (χ4n) is 4.60. The van der Waals surface area contributed by atoms with Gasteiger partial charge in [-0.15, -0.1) is 0 Å². The molecule has 1 amide bonds. The summed E-state index contributed by atoms with van der Waals surface area (Å²) in [6.45, 7) is 5.96. The van der Waals surface area contributed by atoms with Crippen LogP contribution in [0.1, 0.15) is 41.1 Å². The van der Waals surface area contributed by atoms with Crippen LogP contribution in [0.5, 0.6) is 0 Å². The predicted molar refractivity (Wildman–Crippen MR) is 124 cm³/mol. The maximum atomic E-state index is 12.9. The van der Waals surface area contributed by atoms with Crippen molar-refractivity contribution in [2.75, 3.05) is 18.4 Å². The van der Waals surface area contributed by atoms with Crippen molar-refractivity contribution in [1.82, 2.24) is 4.90 Å². The van der Waals surface area contributed by atoms with Gasteiger partial charge in [0.2, 0.25) is 5.91 Å². The summed E-state index contributed by atoms with van der Waals surface area (Å²) in [5.41, 5.74) is 5.87. The van der Waals surface area contributed by atoms with Gasteiger partial charge in [-0.05, 0) is 74.2 Å². The summed E-state index contributed by atoms with van der Waals surface area (Å²) in [7, 11) is 0. The van der Waals surface area contributed by atoms with Crippen LogP contribution in [0.25, 0.3) is 0 Å². The molecule has 0 bridgehead atoms. The van der Waals surface area contributed by atoms with Crippen molar-refractivity contribution in [3.63, 3.8) is 0 Å². The molecular formula is C27H30N2O. The van der Waals surface area contributed by atoms with Crippen LogP contribution in [0, 0.1) is 19.8 Å². The highest BCUT2D eigenvalue weighted by Crippen LogP contribution is 2.32. The fourth-order valence-corrected chi connectivity index (χ4v) is 4.60. The first-order chi connectivity index (χ1) is 14.6. The van der Waals surface area contributed by atoms with Crippen LogP contribution >= 0.6 is 0 Å². The summed E-state index contributed by atoms with van der Waals surface area (Å²) in [4.78, 5) is 15.4. The fraction of sp³-hybridized carbons (Fsp3) is 0.296. The highest BCUT2D eigenvalue weighted by atomic mass is 16.1. The van der Waals surface area contributed by atoms with E-state index in [1.54, 1.807) is 0 Å². The van der Waals surface area contributed by atoms with Crippen molar-refractivity contribution in [3.8, 4) is 0 Å². The molecule has 0 radical (unpaired) electrons. The number of amides is 1. The average Bonchev–Trinajstić information content (AvgIpc) is 2.75. The molecular weight excluding hydrogens is 368 g/mol. The SMILES string of the molecule is Cc1cc(C)cc(NC(=O)C2CCN(C(c3ccccc3)c3ccccc3)CC2)c1. The minimum absolute atomic E-state index is 0.0641. The van der Waals surface area contributed by atoms with E-state index in [4.69, 9.17) is 0 Å². The molecule has 1 heterocycles. The number of hydrogen-bond donors (Lipinski definition) is 1. The third-order valence-corrected chi connectivity index (χ3v) is 5.99. The van der Waals surface area contributed by atoms with E-state index in [0.717, 1.165) is 31.6 Å². The molecule has 1 N–H and O–H groups in total. The number of carbonyl (C=O) groups excluding carboxylic acids is 1. The smallest absolute Gasteiger partial charge is 0.227 e. The van der Waals surface area contributed by atoms with E-state index in [9.17, 15) is 4.79 Å². The van der Waals surface area contributed by atoms with E-state index in [2.05, 4.69) is 90.8 Å². The molecule has 3 nitrogen and oxygen atoms in total. The Morgan fingerprint density at radius 1 is 0.833 bits per heavy atom. The zero-order valence-electron chi connectivity index (χ0n) is 17.8. The molecule has 30 heavy (non-hydrogen) atoms. The molecule has 0 spiro atoms. The minimum Gasteiger partial charge on any atom is -0.326 e. The van der Waals surface area contributed by atoms with Crippen molar-refractivity contribution in [2.45, 2.75) is 32.7 Å². The molecule has 3 heteroatoms. The average molecular weight is 399 g/mol. The second-order valence-corrected chi connectivity index (χ2v) is 8.40. The molecule has 0 atom stereocenters. The molecule has 1 fully saturated rings. The zero-order valence-corrected chi connectivity index (χ0v) is 17.8. The number of anilines is 1. The third kappa shape index (κ3) is 4.80. The molecule has 4 rings (SSSR count). The van der Waals surface area contributed by atoms with Crippen LogP contribution in [-0.2, 0) is 4.79 Å². The normalized spacial score (nSPS) is 15.3. The Morgan fingerprint density at radius 2 is 1.33 bits per heavy atom. The van der Waals surface area contributed by atoms with Crippen LogP contribution in [-0.4, -0.2) is 23.9 Å². The van der Waals surface area contributed by atoms with E-state index in [0.29, 0.717) is 0 Å². The number of benzene rings is 3. The van der Waals surface area contributed by atoms with E-state index >= 15 is 0 Å². The lowest BCUT2D eigenvalue weighted by Crippen LogP contribution is -2.40. The molecule has 1 aliphatic rings. The summed E-state index contributed by atoms with van der Waals surface area (Å²) in [5, 5.41) is 3.14. The van der Waals surface area contributed by atoms with Crippen LogP contribution in [0.15, 0.2) is 78.9 Å². The lowest BCUT2D eigenvalue weighted by Gasteiger charge is -2.37. The van der Waals surface area contributed by atoms with E-state index in [-0.39, 0.29) is 17.9 Å². The van der Waals surface area contributed by atoms with Gasteiger partial charge in [0.1, 0.15) is 0 Å². The second kappa shape index (κ2) is 9.27. The van der Waals surface area contributed by atoms with Crippen molar-refractivity contribution >= 4 is 11.6 Å². The van der Waals surface area contributed by atoms with Crippen LogP contribution in [0.4, 0.5) is 5.69 Å². The molecule has 0 saturated carbocycles. The van der Waals surface area contributed by atoms with Gasteiger partial charge < -0.3 is 5.32 Å². The van der Waals surface area contributed by atoms with Crippen LogP contribution in [0.2, 0.25) is 0 Å². The highest BCUT2D eigenvalue weighted by molar-refractivity contribution is 5.92. The van der Waals surface area contributed by atoms with Crippen molar-refractivity contribution in [1.29, 1.82) is 0 Å². The number of hydrogen-bond acceptors (Lipinski definition) is 2. The number of nitrogens with zero attached hydrogens (tertiary/aromatic N) is 1. The Morgan fingerprint density at radius 3 is 1.83 bits per heavy atom. The first-order valence-corrected chi connectivity index (χ1v) is 10.8. The van der Waals surface area contributed by atoms with Gasteiger partial charge in [-0.1, -0.05) is 66.7 Å². The van der Waals surface area contributed by atoms with Gasteiger partial charge in [0, 0.05) is 11.6 Å². The lowest BCUT2D eigenvalue weighted by molar-refractivity contribution is -0.121. The Balaban J connectivity index is 1.45. The maximum Gasteiger partial charge on any atom is 0.227 e. The molecule has 1 saturated heterocycles. The largest absolute Gasteiger partial charge is 0.326 e. The Bertz CT molecular complexity index is 917. The van der Waals surface area contributed by atoms with Gasteiger partial charge in [0.25, 0.3) is 0 Å². The molecule has 0 unspecified atom stereocenters. The molecule has 0 aliphatic carbocycles. The minimum atomic E-state index is 0.0641. The van der Waals surface area contributed by atoms with E-state index in [1.165, 1.54) is 22.3 Å². The Labute approximate surface area is 179 Å². The van der Waals surface area contributed by atoms with Crippen LogP contribution in [0.3, 0.4) is 0 Å². The quantitative estimate of drug-likeness (QED) is 0.594. The Kier molecular flexibility index (Phi) is 6.29. The molecule has 1 aliphatic heterocycles. The number of likely N-dealkylation sites (tertiary alicyclic amines) is 1. The number of carbonyl (C=O) groups is 1. The molecule has 154 valence electrons. The highest BCUT2D eigenvalue weighted by Gasteiger charge is 2.30. The van der Waals surface area contributed by atoms with Crippen molar-refractivity contribution in [2.24, 2.45) is 5.92 Å². The van der Waals surface area contributed by atoms with Gasteiger partial charge >= 0.3 is 0 Å². The predicted octanol–water partition coefficient (Wildman–Crippen LogP) is 5.74. The number of piperidine rings is 1. The monoisotopic (exact) mass is 398 g/mol. The van der Waals surface area contributed by atoms with Gasteiger partial charge in [-0.3, -0.25) is 9.69 Å². The van der Waals surface area contributed by atoms with E-state index < -0.39 is 0 Å². The van der Waals surface area contributed by atoms with Gasteiger partial charge in [-0.2, -0.15) is 0 Å². The molecule has 3 aromatic carbocycles. The summed E-state index contributed by atoms with van der Waals surface area (Å²) in [6.07, 6.45) is 1.76. The van der Waals surface area contributed by atoms with Gasteiger partial charge in [0.15, 0.2) is 0 Å². The standard InChI is InChI=1S/C27H30N2O/c1-20-17-21(2)19-25(18-20)28-27(30)24-13-15-29(16-14-24)26(22-9-5-3-6-10-22)23-11-7-4-8-12-23/h3-12,17-19,24,26H,13-16H2,1-2H3,(H,28,30). The molecule has 3 aromatic rings. The summed E-state index contributed by atoms with van der Waals surface area (Å²) >= 11 is 0. The Hall–Kier alpha value is -2.91. The molecule has 0 aromatic heterocycles. The van der Waals surface area contributed by atoms with E-state index in [1.807, 2.05) is 12.1 Å². The zero-order chi connectivity index (χ0) is 20.9. The summed E-state index contributed by atoms with van der Waals surface area (Å²) in [6, 6.07) is 27.8. The maximum absolute atomic E-state index is 12.9. The van der Waals surface area contributed by atoms with Crippen LogP contribution < -0.4 is 5.32 Å². The summed E-state index contributed by atoms with van der Waals surface area (Å²) in [5.74, 6) is 0.213. The summed E-state index contributed by atoms with van der Waals surface area (Å²) < 4.78 is 0. The third-order valence-electron chi connectivity index (χ3n) is 5.99. The van der Waals surface area contributed by atoms with Gasteiger partial charge in [-0.25, -0.2) is 0 Å².